The maximum Gasteiger partial charge on any atom is 0.410 e. The van der Waals surface area contributed by atoms with Gasteiger partial charge in [-0.3, -0.25) is 14.1 Å². The first-order chi connectivity index (χ1) is 15.1. The Labute approximate surface area is 176 Å². The molecule has 1 aliphatic heterocycles. The standard InChI is InChI=1S/C21H18N6O4/c1-13-5-6-14(19-24-18(31-25-19)12-26-8-9-30-21(26)29)10-15(13)23-20(28)16-11-22-17-4-2-3-7-27(16)17/h2-7,10-11H,8-9,12H2,1H3,(H,23,28). The first-order valence-corrected chi connectivity index (χ1v) is 9.67. The zero-order valence-electron chi connectivity index (χ0n) is 16.6. The number of pyridine rings is 1. The smallest absolute Gasteiger partial charge is 0.410 e. The van der Waals surface area contributed by atoms with Crippen molar-refractivity contribution >= 4 is 23.3 Å². The van der Waals surface area contributed by atoms with Crippen LogP contribution in [0.25, 0.3) is 17.0 Å². The quantitative estimate of drug-likeness (QED) is 0.530. The molecule has 31 heavy (non-hydrogen) atoms. The number of nitrogens with one attached hydrogen (secondary N) is 1. The van der Waals surface area contributed by atoms with E-state index in [4.69, 9.17) is 9.26 Å². The molecule has 1 aliphatic rings. The van der Waals surface area contributed by atoms with Gasteiger partial charge in [-0.2, -0.15) is 4.98 Å². The highest BCUT2D eigenvalue weighted by Crippen LogP contribution is 2.24. The van der Waals surface area contributed by atoms with Crippen LogP contribution in [0.15, 0.2) is 53.3 Å². The summed E-state index contributed by atoms with van der Waals surface area (Å²) in [4.78, 5) is 34.5. The van der Waals surface area contributed by atoms with Gasteiger partial charge in [-0.1, -0.05) is 23.4 Å². The third kappa shape index (κ3) is 3.59. The minimum atomic E-state index is -0.396. The Kier molecular flexibility index (Phi) is 4.58. The van der Waals surface area contributed by atoms with Crippen molar-refractivity contribution < 1.29 is 18.8 Å². The predicted molar refractivity (Wildman–Crippen MR) is 109 cm³/mol. The molecule has 0 aliphatic carbocycles. The third-order valence-electron chi connectivity index (χ3n) is 5.03. The molecule has 5 rings (SSSR count). The lowest BCUT2D eigenvalue weighted by Crippen LogP contribution is -2.23. The van der Waals surface area contributed by atoms with Gasteiger partial charge < -0.3 is 14.6 Å². The Morgan fingerprint density at radius 3 is 3.00 bits per heavy atom. The fourth-order valence-corrected chi connectivity index (χ4v) is 3.35. The molecule has 10 heteroatoms. The molecule has 0 unspecified atom stereocenters. The molecule has 1 fully saturated rings. The highest BCUT2D eigenvalue weighted by atomic mass is 16.6. The molecule has 0 atom stereocenters. The minimum absolute atomic E-state index is 0.190. The summed E-state index contributed by atoms with van der Waals surface area (Å²) in [5.41, 5.74) is 3.31. The number of fused-ring (bicyclic) bond motifs is 1. The van der Waals surface area contributed by atoms with Crippen molar-refractivity contribution in [2.75, 3.05) is 18.5 Å². The Morgan fingerprint density at radius 1 is 1.26 bits per heavy atom. The second-order valence-corrected chi connectivity index (χ2v) is 7.10. The van der Waals surface area contributed by atoms with Gasteiger partial charge >= 0.3 is 6.09 Å². The van der Waals surface area contributed by atoms with E-state index in [0.29, 0.717) is 47.5 Å². The summed E-state index contributed by atoms with van der Waals surface area (Å²) in [6.45, 7) is 2.93. The van der Waals surface area contributed by atoms with Gasteiger partial charge in [0.25, 0.3) is 5.91 Å². The first-order valence-electron chi connectivity index (χ1n) is 9.67. The Morgan fingerprint density at radius 2 is 2.16 bits per heavy atom. The Bertz CT molecular complexity index is 1290. The van der Waals surface area contributed by atoms with Crippen molar-refractivity contribution in [2.45, 2.75) is 13.5 Å². The van der Waals surface area contributed by atoms with Crippen molar-refractivity contribution in [1.82, 2.24) is 24.4 Å². The van der Waals surface area contributed by atoms with Crippen LogP contribution in [0.3, 0.4) is 0 Å². The van der Waals surface area contributed by atoms with Gasteiger partial charge in [-0.05, 0) is 30.7 Å². The number of hydrogen-bond donors (Lipinski definition) is 1. The largest absolute Gasteiger partial charge is 0.448 e. The Hall–Kier alpha value is -4.21. The van der Waals surface area contributed by atoms with Crippen molar-refractivity contribution in [3.8, 4) is 11.4 Å². The van der Waals surface area contributed by atoms with E-state index >= 15 is 0 Å². The van der Waals surface area contributed by atoms with Crippen molar-refractivity contribution in [3.63, 3.8) is 0 Å². The van der Waals surface area contributed by atoms with Crippen LogP contribution in [-0.2, 0) is 11.3 Å². The molecule has 2 amide bonds. The number of carbonyl (C=O) groups is 2. The van der Waals surface area contributed by atoms with Gasteiger partial charge in [-0.15, -0.1) is 0 Å². The van der Waals surface area contributed by atoms with E-state index in [2.05, 4.69) is 20.4 Å². The summed E-state index contributed by atoms with van der Waals surface area (Å²) in [7, 11) is 0. The number of ether oxygens (including phenoxy) is 1. The molecule has 1 saturated heterocycles. The molecular weight excluding hydrogens is 400 g/mol. The van der Waals surface area contributed by atoms with Crippen molar-refractivity contribution in [2.24, 2.45) is 0 Å². The average Bonchev–Trinajstić information content (AvgIpc) is 3.50. The summed E-state index contributed by atoms with van der Waals surface area (Å²) >= 11 is 0. The van der Waals surface area contributed by atoms with E-state index in [9.17, 15) is 9.59 Å². The molecule has 1 N–H and O–H groups in total. The molecule has 4 heterocycles. The minimum Gasteiger partial charge on any atom is -0.448 e. The van der Waals surface area contributed by atoms with Gasteiger partial charge in [0.1, 0.15) is 24.5 Å². The zero-order valence-corrected chi connectivity index (χ0v) is 16.6. The number of cyclic esters (lactones) is 1. The molecule has 0 bridgehead atoms. The molecule has 0 saturated carbocycles. The lowest BCUT2D eigenvalue weighted by molar-refractivity contribution is 0.102. The number of benzene rings is 1. The summed E-state index contributed by atoms with van der Waals surface area (Å²) in [6.07, 6.45) is 2.93. The van der Waals surface area contributed by atoms with Crippen LogP contribution < -0.4 is 5.32 Å². The van der Waals surface area contributed by atoms with Crippen LogP contribution >= 0.6 is 0 Å². The highest BCUT2D eigenvalue weighted by Gasteiger charge is 2.24. The lowest BCUT2D eigenvalue weighted by Gasteiger charge is -2.09. The summed E-state index contributed by atoms with van der Waals surface area (Å²) < 4.78 is 11.9. The third-order valence-corrected chi connectivity index (χ3v) is 5.03. The number of nitrogens with zero attached hydrogens (tertiary/aromatic N) is 5. The summed E-state index contributed by atoms with van der Waals surface area (Å²) in [5.74, 6) is 0.402. The molecular formula is C21H18N6O4. The van der Waals surface area contributed by atoms with Crippen LogP contribution in [0.4, 0.5) is 10.5 Å². The van der Waals surface area contributed by atoms with E-state index in [0.717, 1.165) is 5.56 Å². The molecule has 3 aromatic heterocycles. The van der Waals surface area contributed by atoms with Crippen molar-refractivity contribution in [1.29, 1.82) is 0 Å². The second kappa shape index (κ2) is 7.56. The molecule has 10 nitrogen and oxygen atoms in total. The monoisotopic (exact) mass is 418 g/mol. The molecule has 4 aromatic rings. The molecule has 1 aromatic carbocycles. The number of anilines is 1. The van der Waals surface area contributed by atoms with Crippen LogP contribution in [0.1, 0.15) is 21.9 Å². The number of carbonyl (C=O) groups excluding carboxylic acids is 2. The summed E-state index contributed by atoms with van der Waals surface area (Å²) in [5, 5.41) is 6.93. The fourth-order valence-electron chi connectivity index (χ4n) is 3.35. The maximum atomic E-state index is 12.8. The van der Waals surface area contributed by atoms with Gasteiger partial charge in [0, 0.05) is 17.4 Å². The molecule has 0 radical (unpaired) electrons. The van der Waals surface area contributed by atoms with Crippen LogP contribution in [0.2, 0.25) is 0 Å². The number of imidazole rings is 1. The Balaban J connectivity index is 1.37. The highest BCUT2D eigenvalue weighted by molar-refractivity contribution is 6.04. The number of aromatic nitrogens is 4. The number of hydrogen-bond acceptors (Lipinski definition) is 7. The van der Waals surface area contributed by atoms with Gasteiger partial charge in [0.15, 0.2) is 0 Å². The van der Waals surface area contributed by atoms with Crippen LogP contribution in [0.5, 0.6) is 0 Å². The van der Waals surface area contributed by atoms with Crippen molar-refractivity contribution in [3.05, 3.63) is 65.9 Å². The van der Waals surface area contributed by atoms with E-state index in [-0.39, 0.29) is 12.5 Å². The molecule has 156 valence electrons. The van der Waals surface area contributed by atoms with Gasteiger partial charge in [0.2, 0.25) is 11.7 Å². The maximum absolute atomic E-state index is 12.8. The second-order valence-electron chi connectivity index (χ2n) is 7.10. The zero-order chi connectivity index (χ0) is 21.4. The number of rotatable bonds is 5. The van der Waals surface area contributed by atoms with E-state index in [1.807, 2.05) is 37.3 Å². The van der Waals surface area contributed by atoms with E-state index < -0.39 is 6.09 Å². The van der Waals surface area contributed by atoms with Gasteiger partial charge in [-0.25, -0.2) is 9.78 Å². The van der Waals surface area contributed by atoms with Crippen LogP contribution in [-0.4, -0.2) is 49.6 Å². The summed E-state index contributed by atoms with van der Waals surface area (Å²) in [6, 6.07) is 11.0. The fraction of sp³-hybridized carbons (Fsp3) is 0.190. The average molecular weight is 418 g/mol. The SMILES string of the molecule is Cc1ccc(-c2noc(CN3CCOC3=O)n2)cc1NC(=O)c1cnc2ccccn12. The predicted octanol–water partition coefficient (Wildman–Crippen LogP) is 2.90. The lowest BCUT2D eigenvalue weighted by atomic mass is 10.1. The van der Waals surface area contributed by atoms with E-state index in [1.54, 1.807) is 22.9 Å². The first kappa shape index (κ1) is 18.8. The topological polar surface area (TPSA) is 115 Å². The van der Waals surface area contributed by atoms with Crippen LogP contribution in [0, 0.1) is 6.92 Å². The number of aryl methyl sites for hydroxylation is 1. The normalized spacial score (nSPS) is 13.6. The number of amides is 2. The van der Waals surface area contributed by atoms with E-state index in [1.165, 1.54) is 4.90 Å². The van der Waals surface area contributed by atoms with Gasteiger partial charge in [0.05, 0.1) is 12.7 Å². The molecule has 0 spiro atoms.